The first-order valence-electron chi connectivity index (χ1n) is 9.28. The van der Waals surface area contributed by atoms with Crippen molar-refractivity contribution in [1.82, 2.24) is 10.0 Å². The van der Waals surface area contributed by atoms with Crippen molar-refractivity contribution in [1.29, 1.82) is 0 Å². The normalized spacial score (nSPS) is 27.3. The van der Waals surface area contributed by atoms with E-state index in [1.54, 1.807) is 0 Å². The molecule has 3 atom stereocenters. The van der Waals surface area contributed by atoms with Gasteiger partial charge in [-0.2, -0.15) is 0 Å². The number of nitro groups is 1. The minimum Gasteiger partial charge on any atom is -0.274 e. The average Bonchev–Trinajstić information content (AvgIpc) is 3.35. The number of hydrazine groups is 1. The number of rotatable bonds is 3. The smallest absolute Gasteiger partial charge is 0.269 e. The topological polar surface area (TPSA) is 87.0 Å². The monoisotopic (exact) mass is 378 g/mol. The molecular weight excluding hydrogens is 360 g/mol. The zero-order valence-electron chi connectivity index (χ0n) is 15.0. The predicted octanol–water partition coefficient (Wildman–Crippen LogP) is 2.13. The molecule has 3 saturated heterocycles. The van der Waals surface area contributed by atoms with Crippen LogP contribution in [0.4, 0.5) is 11.4 Å². The predicted molar refractivity (Wildman–Crippen MR) is 100 cm³/mol. The molecule has 0 N–H and O–H groups in total. The molecule has 28 heavy (non-hydrogen) atoms. The van der Waals surface area contributed by atoms with Gasteiger partial charge >= 0.3 is 0 Å². The van der Waals surface area contributed by atoms with Gasteiger partial charge in [-0.25, -0.2) is 14.9 Å². The van der Waals surface area contributed by atoms with E-state index in [2.05, 4.69) is 5.01 Å². The molecule has 0 unspecified atom stereocenters. The lowest BCUT2D eigenvalue weighted by Crippen LogP contribution is -2.44. The maximum atomic E-state index is 13.3. The highest BCUT2D eigenvalue weighted by molar-refractivity contribution is 6.24. The number of amides is 2. The van der Waals surface area contributed by atoms with Gasteiger partial charge < -0.3 is 0 Å². The molecule has 3 aliphatic heterocycles. The first kappa shape index (κ1) is 17.0. The molecular formula is C20H18N4O4. The second-order valence-corrected chi connectivity index (χ2v) is 7.29. The number of nitro benzene ring substituents is 1. The van der Waals surface area contributed by atoms with Crippen LogP contribution in [0.25, 0.3) is 0 Å². The fourth-order valence-electron chi connectivity index (χ4n) is 4.74. The van der Waals surface area contributed by atoms with E-state index < -0.39 is 16.9 Å². The summed E-state index contributed by atoms with van der Waals surface area (Å²) < 4.78 is 0. The molecule has 8 nitrogen and oxygen atoms in total. The summed E-state index contributed by atoms with van der Waals surface area (Å²) in [7, 11) is 0. The van der Waals surface area contributed by atoms with Gasteiger partial charge in [0.05, 0.1) is 22.6 Å². The zero-order valence-corrected chi connectivity index (χ0v) is 15.0. The number of benzene rings is 2. The Labute approximate surface area is 161 Å². The van der Waals surface area contributed by atoms with Crippen LogP contribution in [-0.4, -0.2) is 45.9 Å². The van der Waals surface area contributed by atoms with E-state index in [0.717, 1.165) is 25.1 Å². The van der Waals surface area contributed by atoms with Gasteiger partial charge in [0.2, 0.25) is 5.91 Å². The number of non-ortho nitro benzene ring substituents is 1. The number of nitrogens with zero attached hydrogens (tertiary/aromatic N) is 4. The van der Waals surface area contributed by atoms with E-state index in [1.165, 1.54) is 29.2 Å². The van der Waals surface area contributed by atoms with E-state index in [9.17, 15) is 19.7 Å². The lowest BCUT2D eigenvalue weighted by Gasteiger charge is -2.29. The zero-order chi connectivity index (χ0) is 19.4. The Kier molecular flexibility index (Phi) is 3.78. The summed E-state index contributed by atoms with van der Waals surface area (Å²) in [6.07, 6.45) is 0.950. The third-order valence-corrected chi connectivity index (χ3v) is 5.87. The van der Waals surface area contributed by atoms with Crippen molar-refractivity contribution in [3.05, 3.63) is 70.3 Å². The third-order valence-electron chi connectivity index (χ3n) is 5.87. The molecule has 3 aliphatic rings. The van der Waals surface area contributed by atoms with Crippen LogP contribution >= 0.6 is 0 Å². The highest BCUT2D eigenvalue weighted by Crippen LogP contribution is 2.48. The SMILES string of the molecule is O=C1[C@@H]2[C@@H](C(=O)N1c1ccc([N+](=O)[O-])cc1)N1CCCN1[C@@H]2c1ccccc1. The number of imide groups is 1. The molecule has 3 heterocycles. The minimum atomic E-state index is -0.518. The van der Waals surface area contributed by atoms with Gasteiger partial charge in [0.25, 0.3) is 11.6 Å². The first-order valence-corrected chi connectivity index (χ1v) is 9.28. The summed E-state index contributed by atoms with van der Waals surface area (Å²) in [6, 6.07) is 14.7. The second-order valence-electron chi connectivity index (χ2n) is 7.29. The second kappa shape index (κ2) is 6.22. The summed E-state index contributed by atoms with van der Waals surface area (Å²) in [5.41, 5.74) is 1.33. The van der Waals surface area contributed by atoms with Gasteiger partial charge in [-0.1, -0.05) is 30.3 Å². The average molecular weight is 378 g/mol. The van der Waals surface area contributed by atoms with Crippen molar-refractivity contribution < 1.29 is 14.5 Å². The highest BCUT2D eigenvalue weighted by atomic mass is 16.6. The molecule has 8 heteroatoms. The number of carbonyl (C=O) groups is 2. The van der Waals surface area contributed by atoms with Gasteiger partial charge in [-0.15, -0.1) is 0 Å². The van der Waals surface area contributed by atoms with Crippen molar-refractivity contribution in [2.75, 3.05) is 18.0 Å². The Morgan fingerprint density at radius 1 is 0.857 bits per heavy atom. The maximum Gasteiger partial charge on any atom is 0.269 e. The molecule has 0 radical (unpaired) electrons. The largest absolute Gasteiger partial charge is 0.274 e. The van der Waals surface area contributed by atoms with Crippen LogP contribution < -0.4 is 4.90 Å². The molecule has 0 saturated carbocycles. The number of fused-ring (bicyclic) bond motifs is 3. The number of carbonyl (C=O) groups excluding carboxylic acids is 2. The Morgan fingerprint density at radius 2 is 1.50 bits per heavy atom. The number of anilines is 1. The molecule has 142 valence electrons. The van der Waals surface area contributed by atoms with Crippen molar-refractivity contribution in [2.24, 2.45) is 5.92 Å². The van der Waals surface area contributed by atoms with E-state index in [0.29, 0.717) is 5.69 Å². The van der Waals surface area contributed by atoms with Crippen molar-refractivity contribution in [3.8, 4) is 0 Å². The Hall–Kier alpha value is -3.10. The standard InChI is InChI=1S/C20H18N4O4/c25-19-16-17(13-5-2-1-3-6-13)21-11-4-12-22(21)18(16)20(26)23(19)14-7-9-15(10-8-14)24(27)28/h1-3,5-10,16-18H,4,11-12H2/t16-,17+,18-/m0/s1. The van der Waals surface area contributed by atoms with Crippen molar-refractivity contribution in [3.63, 3.8) is 0 Å². The van der Waals surface area contributed by atoms with Crippen LogP contribution in [0.1, 0.15) is 18.0 Å². The third kappa shape index (κ3) is 2.31. The van der Waals surface area contributed by atoms with Crippen LogP contribution in [0.3, 0.4) is 0 Å². The Bertz CT molecular complexity index is 962. The summed E-state index contributed by atoms with van der Waals surface area (Å²) in [5.74, 6) is -0.980. The molecule has 2 aromatic rings. The first-order chi connectivity index (χ1) is 13.6. The summed E-state index contributed by atoms with van der Waals surface area (Å²) in [5, 5.41) is 15.1. The van der Waals surface area contributed by atoms with E-state index in [-0.39, 0.29) is 23.5 Å². The van der Waals surface area contributed by atoms with Crippen LogP contribution in [0, 0.1) is 16.0 Å². The van der Waals surface area contributed by atoms with Gasteiger partial charge in [0.1, 0.15) is 6.04 Å². The summed E-state index contributed by atoms with van der Waals surface area (Å²) in [4.78, 5) is 38.2. The summed E-state index contributed by atoms with van der Waals surface area (Å²) in [6.45, 7) is 1.57. The maximum absolute atomic E-state index is 13.3. The lowest BCUT2D eigenvalue weighted by molar-refractivity contribution is -0.384. The Balaban J connectivity index is 1.54. The minimum absolute atomic E-state index is 0.0732. The van der Waals surface area contributed by atoms with Crippen LogP contribution in [0.2, 0.25) is 0 Å². The lowest BCUT2D eigenvalue weighted by atomic mass is 9.90. The van der Waals surface area contributed by atoms with Crippen molar-refractivity contribution >= 4 is 23.2 Å². The molecule has 2 aromatic carbocycles. The van der Waals surface area contributed by atoms with Crippen molar-refractivity contribution in [2.45, 2.75) is 18.5 Å². The highest BCUT2D eigenvalue weighted by Gasteiger charge is 2.62. The number of hydrogen-bond acceptors (Lipinski definition) is 6. The van der Waals surface area contributed by atoms with Gasteiger partial charge in [-0.05, 0) is 24.1 Å². The van der Waals surface area contributed by atoms with E-state index in [1.807, 2.05) is 35.3 Å². The van der Waals surface area contributed by atoms with Gasteiger partial charge in [0.15, 0.2) is 0 Å². The molecule has 3 fully saturated rings. The molecule has 0 spiro atoms. The Morgan fingerprint density at radius 3 is 2.14 bits per heavy atom. The molecule has 0 aromatic heterocycles. The number of hydrogen-bond donors (Lipinski definition) is 0. The van der Waals surface area contributed by atoms with E-state index in [4.69, 9.17) is 0 Å². The quantitative estimate of drug-likeness (QED) is 0.462. The van der Waals surface area contributed by atoms with Crippen LogP contribution in [0.15, 0.2) is 54.6 Å². The molecule has 2 amide bonds. The summed E-state index contributed by atoms with van der Waals surface area (Å²) >= 11 is 0. The fourth-order valence-corrected chi connectivity index (χ4v) is 4.74. The molecule has 0 bridgehead atoms. The van der Waals surface area contributed by atoms with Crippen LogP contribution in [0.5, 0.6) is 0 Å². The van der Waals surface area contributed by atoms with Gasteiger partial charge in [0, 0.05) is 25.2 Å². The molecule has 0 aliphatic carbocycles. The van der Waals surface area contributed by atoms with Gasteiger partial charge in [-0.3, -0.25) is 19.7 Å². The van der Waals surface area contributed by atoms with E-state index >= 15 is 0 Å². The van der Waals surface area contributed by atoms with Crippen LogP contribution in [-0.2, 0) is 9.59 Å². The molecule has 5 rings (SSSR count). The fraction of sp³-hybridized carbons (Fsp3) is 0.300.